The van der Waals surface area contributed by atoms with Gasteiger partial charge in [-0.1, -0.05) is 0 Å². The van der Waals surface area contributed by atoms with Crippen LogP contribution in [0.4, 0.5) is 0 Å². The van der Waals surface area contributed by atoms with Crippen molar-refractivity contribution in [3.05, 3.63) is 23.7 Å². The lowest BCUT2D eigenvalue weighted by Crippen LogP contribution is -1.94. The van der Waals surface area contributed by atoms with Gasteiger partial charge in [0.25, 0.3) is 0 Å². The fraction of sp³-hybridized carbons (Fsp3) is 0.455. The molecule has 0 spiro atoms. The summed E-state index contributed by atoms with van der Waals surface area (Å²) in [6.07, 6.45) is 8.52. The SMILES string of the molecule is C#CCCCC(O)c1coc(C)c1. The predicted molar refractivity (Wildman–Crippen MR) is 51.1 cm³/mol. The highest BCUT2D eigenvalue weighted by Crippen LogP contribution is 2.20. The normalized spacial score (nSPS) is 12.4. The second-order valence-corrected chi connectivity index (χ2v) is 3.10. The third-order valence-electron chi connectivity index (χ3n) is 1.93. The Morgan fingerprint density at radius 1 is 1.69 bits per heavy atom. The molecule has 0 fully saturated rings. The van der Waals surface area contributed by atoms with E-state index in [0.29, 0.717) is 12.8 Å². The van der Waals surface area contributed by atoms with Crippen molar-refractivity contribution in [1.82, 2.24) is 0 Å². The summed E-state index contributed by atoms with van der Waals surface area (Å²) in [5.41, 5.74) is 0.842. The number of aryl methyl sites for hydroxylation is 1. The Hall–Kier alpha value is -1.20. The van der Waals surface area contributed by atoms with Crippen LogP contribution < -0.4 is 0 Å². The van der Waals surface area contributed by atoms with Crippen LogP contribution in [0.15, 0.2) is 16.7 Å². The second-order valence-electron chi connectivity index (χ2n) is 3.10. The van der Waals surface area contributed by atoms with Gasteiger partial charge in [0.15, 0.2) is 0 Å². The summed E-state index contributed by atoms with van der Waals surface area (Å²) in [6, 6.07) is 1.85. The molecular weight excluding hydrogens is 164 g/mol. The molecule has 2 nitrogen and oxygen atoms in total. The van der Waals surface area contributed by atoms with Crippen LogP contribution in [0.25, 0.3) is 0 Å². The minimum atomic E-state index is -0.439. The van der Waals surface area contributed by atoms with E-state index in [-0.39, 0.29) is 0 Å². The highest BCUT2D eigenvalue weighted by Gasteiger charge is 2.08. The third-order valence-corrected chi connectivity index (χ3v) is 1.93. The molecule has 0 saturated heterocycles. The first-order chi connectivity index (χ1) is 6.24. The van der Waals surface area contributed by atoms with Crippen LogP contribution in [-0.4, -0.2) is 5.11 Å². The van der Waals surface area contributed by atoms with Crippen molar-refractivity contribution >= 4 is 0 Å². The lowest BCUT2D eigenvalue weighted by atomic mass is 10.1. The number of aliphatic hydroxyl groups excluding tert-OH is 1. The molecule has 0 aliphatic carbocycles. The molecule has 1 N–H and O–H groups in total. The largest absolute Gasteiger partial charge is 0.469 e. The minimum Gasteiger partial charge on any atom is -0.469 e. The van der Waals surface area contributed by atoms with E-state index in [1.807, 2.05) is 13.0 Å². The molecule has 13 heavy (non-hydrogen) atoms. The van der Waals surface area contributed by atoms with Gasteiger partial charge in [-0.25, -0.2) is 0 Å². The van der Waals surface area contributed by atoms with Gasteiger partial charge in [0.2, 0.25) is 0 Å². The first-order valence-corrected chi connectivity index (χ1v) is 4.40. The summed E-state index contributed by atoms with van der Waals surface area (Å²) in [6.45, 7) is 1.86. The fourth-order valence-corrected chi connectivity index (χ4v) is 1.20. The van der Waals surface area contributed by atoms with Crippen LogP contribution in [0.3, 0.4) is 0 Å². The fourth-order valence-electron chi connectivity index (χ4n) is 1.20. The maximum absolute atomic E-state index is 9.63. The Balaban J connectivity index is 2.40. The summed E-state index contributed by atoms with van der Waals surface area (Å²) >= 11 is 0. The topological polar surface area (TPSA) is 33.4 Å². The molecular formula is C11H14O2. The minimum absolute atomic E-state index is 0.439. The van der Waals surface area contributed by atoms with Gasteiger partial charge in [-0.3, -0.25) is 0 Å². The third kappa shape index (κ3) is 2.96. The Kier molecular flexibility index (Phi) is 3.60. The number of rotatable bonds is 4. The summed E-state index contributed by atoms with van der Waals surface area (Å²) in [5, 5.41) is 9.63. The average molecular weight is 178 g/mol. The van der Waals surface area contributed by atoms with Gasteiger partial charge >= 0.3 is 0 Å². The first kappa shape index (κ1) is 9.88. The van der Waals surface area contributed by atoms with Crippen molar-refractivity contribution in [2.24, 2.45) is 0 Å². The van der Waals surface area contributed by atoms with E-state index < -0.39 is 6.10 Å². The molecule has 0 aromatic carbocycles. The van der Waals surface area contributed by atoms with E-state index in [0.717, 1.165) is 17.7 Å². The van der Waals surface area contributed by atoms with Crippen molar-refractivity contribution in [3.63, 3.8) is 0 Å². The van der Waals surface area contributed by atoms with E-state index in [1.165, 1.54) is 0 Å². The van der Waals surface area contributed by atoms with Crippen molar-refractivity contribution in [3.8, 4) is 12.3 Å². The number of hydrogen-bond acceptors (Lipinski definition) is 2. The number of hydrogen-bond donors (Lipinski definition) is 1. The number of terminal acetylenes is 1. The molecule has 0 saturated carbocycles. The second kappa shape index (κ2) is 4.74. The quantitative estimate of drug-likeness (QED) is 0.567. The molecule has 1 atom stereocenters. The van der Waals surface area contributed by atoms with Gasteiger partial charge in [0.1, 0.15) is 5.76 Å². The molecule has 0 aliphatic heterocycles. The van der Waals surface area contributed by atoms with Crippen LogP contribution >= 0.6 is 0 Å². The predicted octanol–water partition coefficient (Wildman–Crippen LogP) is 2.42. The van der Waals surface area contributed by atoms with Crippen molar-refractivity contribution in [2.45, 2.75) is 32.3 Å². The maximum atomic E-state index is 9.63. The molecule has 1 heterocycles. The van der Waals surface area contributed by atoms with Gasteiger partial charge in [-0.05, 0) is 25.8 Å². The van der Waals surface area contributed by atoms with Crippen LogP contribution in [-0.2, 0) is 0 Å². The Morgan fingerprint density at radius 3 is 3.00 bits per heavy atom. The molecule has 1 unspecified atom stereocenters. The van der Waals surface area contributed by atoms with Crippen LogP contribution in [0.1, 0.15) is 36.7 Å². The maximum Gasteiger partial charge on any atom is 0.101 e. The van der Waals surface area contributed by atoms with Crippen LogP contribution in [0, 0.1) is 19.3 Å². The molecule has 1 rings (SSSR count). The molecule has 0 aliphatic rings. The van der Waals surface area contributed by atoms with E-state index in [1.54, 1.807) is 6.26 Å². The highest BCUT2D eigenvalue weighted by molar-refractivity contribution is 5.14. The summed E-state index contributed by atoms with van der Waals surface area (Å²) in [4.78, 5) is 0. The van der Waals surface area contributed by atoms with Crippen molar-refractivity contribution < 1.29 is 9.52 Å². The molecule has 0 bridgehead atoms. The van der Waals surface area contributed by atoms with Gasteiger partial charge in [-0.2, -0.15) is 0 Å². The molecule has 70 valence electrons. The van der Waals surface area contributed by atoms with Crippen LogP contribution in [0.2, 0.25) is 0 Å². The van der Waals surface area contributed by atoms with Crippen molar-refractivity contribution in [1.29, 1.82) is 0 Å². The summed E-state index contributed by atoms with van der Waals surface area (Å²) < 4.78 is 5.09. The lowest BCUT2D eigenvalue weighted by molar-refractivity contribution is 0.164. The zero-order valence-corrected chi connectivity index (χ0v) is 7.79. The number of furan rings is 1. The average Bonchev–Trinajstić information content (AvgIpc) is 2.52. The molecule has 0 amide bonds. The van der Waals surface area contributed by atoms with E-state index in [4.69, 9.17) is 10.8 Å². The molecule has 1 aromatic rings. The molecule has 1 aromatic heterocycles. The highest BCUT2D eigenvalue weighted by atomic mass is 16.3. The smallest absolute Gasteiger partial charge is 0.101 e. The molecule has 2 heteroatoms. The lowest BCUT2D eigenvalue weighted by Gasteiger charge is -2.05. The zero-order chi connectivity index (χ0) is 9.68. The van der Waals surface area contributed by atoms with Gasteiger partial charge in [-0.15, -0.1) is 12.3 Å². The summed E-state index contributed by atoms with van der Waals surface area (Å²) in [5.74, 6) is 3.37. The van der Waals surface area contributed by atoms with Gasteiger partial charge < -0.3 is 9.52 Å². The standard InChI is InChI=1S/C11H14O2/c1-3-4-5-6-11(12)10-7-9(2)13-8-10/h1,7-8,11-12H,4-6H2,2H3. The number of aliphatic hydroxyl groups is 1. The van der Waals surface area contributed by atoms with E-state index in [2.05, 4.69) is 5.92 Å². The Bertz CT molecular complexity index is 293. The van der Waals surface area contributed by atoms with Gasteiger partial charge in [0.05, 0.1) is 12.4 Å². The van der Waals surface area contributed by atoms with Gasteiger partial charge in [0, 0.05) is 12.0 Å². The zero-order valence-electron chi connectivity index (χ0n) is 7.79. The van der Waals surface area contributed by atoms with E-state index >= 15 is 0 Å². The van der Waals surface area contributed by atoms with Crippen LogP contribution in [0.5, 0.6) is 0 Å². The molecule has 0 radical (unpaired) electrons. The first-order valence-electron chi connectivity index (χ1n) is 4.40. The Morgan fingerprint density at radius 2 is 2.46 bits per heavy atom. The Labute approximate surface area is 78.6 Å². The van der Waals surface area contributed by atoms with E-state index in [9.17, 15) is 5.11 Å². The number of unbranched alkanes of at least 4 members (excludes halogenated alkanes) is 1. The van der Waals surface area contributed by atoms with Crippen molar-refractivity contribution in [2.75, 3.05) is 0 Å². The monoisotopic (exact) mass is 178 g/mol. The summed E-state index contributed by atoms with van der Waals surface area (Å²) in [7, 11) is 0.